The average Bonchev–Trinajstić information content (AvgIpc) is 3.48. The van der Waals surface area contributed by atoms with E-state index in [2.05, 4.69) is 15.3 Å². The number of imidazole rings is 2. The van der Waals surface area contributed by atoms with Crippen LogP contribution in [0.5, 0.6) is 0 Å². The number of carbonyl (C=O) groups excluding carboxylic acids is 2. The molecule has 41 heavy (non-hydrogen) atoms. The Bertz CT molecular complexity index is 1900. The van der Waals surface area contributed by atoms with Crippen molar-refractivity contribution in [2.24, 2.45) is 11.8 Å². The molecule has 1 saturated carbocycles. The summed E-state index contributed by atoms with van der Waals surface area (Å²) in [5.74, 6) is 0.499. The summed E-state index contributed by atoms with van der Waals surface area (Å²) in [6.45, 7) is 1.29. The van der Waals surface area contributed by atoms with Crippen molar-refractivity contribution in [2.45, 2.75) is 6.04 Å². The molecule has 2 fully saturated rings. The SMILES string of the molecule is O=C(NC1[C@H]2CN(C(=O)c3cccc(-c4cn5ccccc5n4)c3)C[C@@H]12)c1cccc(-c2cn3ccccc3n2)c1. The first kappa shape index (κ1) is 23.6. The number of nitrogens with zero attached hydrogens (tertiary/aromatic N) is 5. The van der Waals surface area contributed by atoms with E-state index in [1.54, 1.807) is 0 Å². The van der Waals surface area contributed by atoms with Gasteiger partial charge in [0.05, 0.1) is 11.4 Å². The van der Waals surface area contributed by atoms with Crippen molar-refractivity contribution in [3.8, 4) is 22.5 Å². The quantitative estimate of drug-likeness (QED) is 0.341. The van der Waals surface area contributed by atoms with Crippen LogP contribution < -0.4 is 5.32 Å². The topological polar surface area (TPSA) is 84.0 Å². The van der Waals surface area contributed by atoms with E-state index in [0.29, 0.717) is 24.2 Å². The standard InChI is InChI=1S/C33H26N6O2/c40-32(23-9-5-7-21(15-23)27-19-37-13-3-1-11-29(37)34-27)36-31-25-17-39(18-26(25)31)33(41)24-10-6-8-22(16-24)28-20-38-14-4-2-12-30(38)35-28/h1-16,19-20,25-26,31H,17-18H2,(H,36,40)/t25-,26+,31?. The Hall–Kier alpha value is -5.24. The second-order valence-corrected chi connectivity index (χ2v) is 10.9. The molecule has 6 aromatic rings. The smallest absolute Gasteiger partial charge is 0.253 e. The van der Waals surface area contributed by atoms with Crippen LogP contribution >= 0.6 is 0 Å². The van der Waals surface area contributed by atoms with E-state index in [4.69, 9.17) is 0 Å². The van der Waals surface area contributed by atoms with Gasteiger partial charge < -0.3 is 19.0 Å². The minimum Gasteiger partial charge on any atom is -0.349 e. The Morgan fingerprint density at radius 2 is 1.24 bits per heavy atom. The fraction of sp³-hybridized carbons (Fsp3) is 0.152. The molecule has 4 aromatic heterocycles. The summed E-state index contributed by atoms with van der Waals surface area (Å²) >= 11 is 0. The first-order chi connectivity index (χ1) is 20.1. The highest BCUT2D eigenvalue weighted by atomic mass is 16.2. The molecule has 8 rings (SSSR count). The zero-order chi connectivity index (χ0) is 27.5. The number of nitrogens with one attached hydrogen (secondary N) is 1. The van der Waals surface area contributed by atoms with Gasteiger partial charge in [0.15, 0.2) is 0 Å². The van der Waals surface area contributed by atoms with E-state index in [-0.39, 0.29) is 29.7 Å². The number of benzene rings is 2. The number of aromatic nitrogens is 4. The minimum atomic E-state index is -0.0898. The molecule has 8 nitrogen and oxygen atoms in total. The molecule has 0 radical (unpaired) electrons. The molecule has 2 aliphatic rings. The summed E-state index contributed by atoms with van der Waals surface area (Å²) in [6.07, 6.45) is 7.87. The molecule has 1 N–H and O–H groups in total. The van der Waals surface area contributed by atoms with Crippen LogP contribution in [0.1, 0.15) is 20.7 Å². The van der Waals surface area contributed by atoms with Crippen molar-refractivity contribution in [1.82, 2.24) is 29.0 Å². The van der Waals surface area contributed by atoms with E-state index >= 15 is 0 Å². The fourth-order valence-corrected chi connectivity index (χ4v) is 6.10. The van der Waals surface area contributed by atoms with Gasteiger partial charge in [0.1, 0.15) is 11.3 Å². The second kappa shape index (κ2) is 9.16. The molecule has 1 saturated heterocycles. The average molecular weight is 539 g/mol. The van der Waals surface area contributed by atoms with Gasteiger partial charge in [0.2, 0.25) is 0 Å². The molecule has 1 unspecified atom stereocenters. The molecule has 2 amide bonds. The number of pyridine rings is 2. The lowest BCUT2D eigenvalue weighted by Crippen LogP contribution is -2.37. The fourth-order valence-electron chi connectivity index (χ4n) is 6.10. The summed E-state index contributed by atoms with van der Waals surface area (Å²) in [4.78, 5) is 37.8. The number of rotatable bonds is 5. The van der Waals surface area contributed by atoms with Crippen molar-refractivity contribution >= 4 is 23.1 Å². The maximum Gasteiger partial charge on any atom is 0.253 e. The van der Waals surface area contributed by atoms with Crippen LogP contribution in [-0.2, 0) is 0 Å². The third kappa shape index (κ3) is 4.15. The first-order valence-electron chi connectivity index (χ1n) is 13.8. The van der Waals surface area contributed by atoms with E-state index in [0.717, 1.165) is 33.8 Å². The van der Waals surface area contributed by atoms with Crippen LogP contribution in [0, 0.1) is 11.8 Å². The maximum atomic E-state index is 13.4. The highest BCUT2D eigenvalue weighted by molar-refractivity contribution is 5.97. The highest BCUT2D eigenvalue weighted by Gasteiger charge is 2.57. The molecule has 0 spiro atoms. The normalized spacial score (nSPS) is 19.4. The summed E-state index contributed by atoms with van der Waals surface area (Å²) in [6, 6.07) is 27.1. The van der Waals surface area contributed by atoms with Crippen LogP contribution in [0.3, 0.4) is 0 Å². The number of carbonyl (C=O) groups is 2. The Balaban J connectivity index is 0.921. The summed E-state index contributed by atoms with van der Waals surface area (Å²) in [5, 5.41) is 3.21. The molecule has 200 valence electrons. The largest absolute Gasteiger partial charge is 0.349 e. The lowest BCUT2D eigenvalue weighted by molar-refractivity contribution is 0.0769. The summed E-state index contributed by atoms with van der Waals surface area (Å²) in [5.41, 5.74) is 6.49. The maximum absolute atomic E-state index is 13.4. The molecule has 1 aliphatic carbocycles. The molecule has 3 atom stereocenters. The van der Waals surface area contributed by atoms with Crippen molar-refractivity contribution in [3.63, 3.8) is 0 Å². The zero-order valence-corrected chi connectivity index (χ0v) is 22.1. The van der Waals surface area contributed by atoms with Gasteiger partial charge in [0, 0.05) is 78.0 Å². The second-order valence-electron chi connectivity index (χ2n) is 10.9. The molecule has 8 heteroatoms. The van der Waals surface area contributed by atoms with Crippen LogP contribution in [0.4, 0.5) is 0 Å². The predicted octanol–water partition coefficient (Wildman–Crippen LogP) is 4.82. The lowest BCUT2D eigenvalue weighted by Gasteiger charge is -2.20. The summed E-state index contributed by atoms with van der Waals surface area (Å²) < 4.78 is 3.94. The van der Waals surface area contributed by atoms with Gasteiger partial charge >= 0.3 is 0 Å². The third-order valence-electron chi connectivity index (χ3n) is 8.33. The Kier molecular flexibility index (Phi) is 5.28. The minimum absolute atomic E-state index is 0.0213. The van der Waals surface area contributed by atoms with Crippen LogP contribution in [0.2, 0.25) is 0 Å². The molecule has 0 bridgehead atoms. The van der Waals surface area contributed by atoms with Crippen molar-refractivity contribution < 1.29 is 9.59 Å². The van der Waals surface area contributed by atoms with Crippen LogP contribution in [0.15, 0.2) is 110 Å². The van der Waals surface area contributed by atoms with Gasteiger partial charge in [-0.25, -0.2) is 9.97 Å². The molecular weight excluding hydrogens is 512 g/mol. The summed E-state index contributed by atoms with van der Waals surface area (Å²) in [7, 11) is 0. The van der Waals surface area contributed by atoms with Crippen molar-refractivity contribution in [3.05, 3.63) is 121 Å². The molecule has 1 aliphatic heterocycles. The molecular formula is C33H26N6O2. The Morgan fingerprint density at radius 3 is 1.83 bits per heavy atom. The van der Waals surface area contributed by atoms with Gasteiger partial charge in [0.25, 0.3) is 11.8 Å². The predicted molar refractivity (Wildman–Crippen MR) is 155 cm³/mol. The third-order valence-corrected chi connectivity index (χ3v) is 8.33. The van der Waals surface area contributed by atoms with E-state index in [1.165, 1.54) is 0 Å². The van der Waals surface area contributed by atoms with Gasteiger partial charge in [-0.2, -0.15) is 0 Å². The van der Waals surface area contributed by atoms with Crippen molar-refractivity contribution in [2.75, 3.05) is 13.1 Å². The Labute approximate surface area is 235 Å². The van der Waals surface area contributed by atoms with E-state index < -0.39 is 0 Å². The van der Waals surface area contributed by atoms with Gasteiger partial charge in [-0.1, -0.05) is 36.4 Å². The van der Waals surface area contributed by atoms with E-state index in [9.17, 15) is 9.59 Å². The lowest BCUT2D eigenvalue weighted by atomic mass is 10.1. The van der Waals surface area contributed by atoms with Crippen molar-refractivity contribution in [1.29, 1.82) is 0 Å². The molecule has 2 aromatic carbocycles. The number of hydrogen-bond donors (Lipinski definition) is 1. The van der Waals surface area contributed by atoms with Crippen LogP contribution in [0.25, 0.3) is 33.8 Å². The monoisotopic (exact) mass is 538 g/mol. The first-order valence-corrected chi connectivity index (χ1v) is 13.8. The molecule has 5 heterocycles. The number of hydrogen-bond acceptors (Lipinski definition) is 4. The highest BCUT2D eigenvalue weighted by Crippen LogP contribution is 2.46. The number of fused-ring (bicyclic) bond motifs is 3. The van der Waals surface area contributed by atoms with E-state index in [1.807, 2.05) is 123 Å². The van der Waals surface area contributed by atoms with Gasteiger partial charge in [-0.15, -0.1) is 0 Å². The number of likely N-dealkylation sites (tertiary alicyclic amines) is 1. The zero-order valence-electron chi connectivity index (χ0n) is 22.1. The van der Waals surface area contributed by atoms with Gasteiger partial charge in [-0.3, -0.25) is 9.59 Å². The van der Waals surface area contributed by atoms with Gasteiger partial charge in [-0.05, 0) is 48.5 Å². The number of piperidine rings is 1. The van der Waals surface area contributed by atoms with Crippen LogP contribution in [-0.4, -0.2) is 54.6 Å². The Morgan fingerprint density at radius 1 is 0.683 bits per heavy atom. The number of amides is 2.